The third-order valence-corrected chi connectivity index (χ3v) is 7.83. The Kier molecular flexibility index (Phi) is 10.8. The molecule has 0 aromatic heterocycles. The molecule has 0 unspecified atom stereocenters. The Hall–Kier alpha value is -6.42. The van der Waals surface area contributed by atoms with Crippen LogP contribution in [-0.4, -0.2) is 57.4 Å². The van der Waals surface area contributed by atoms with Crippen molar-refractivity contribution in [2.45, 2.75) is 0 Å². The Bertz CT molecular complexity index is 1750. The molecule has 240 valence electrons. The fourth-order valence-electron chi connectivity index (χ4n) is 5.32. The van der Waals surface area contributed by atoms with E-state index < -0.39 is 9.85 Å². The van der Waals surface area contributed by atoms with E-state index in [-0.39, 0.29) is 22.9 Å². The molecule has 10 nitrogen and oxygen atoms in total. The third kappa shape index (κ3) is 8.43. The van der Waals surface area contributed by atoms with Gasteiger partial charge in [0.15, 0.2) is 11.6 Å². The Balaban J connectivity index is 1.32. The van der Waals surface area contributed by atoms with Crippen LogP contribution >= 0.6 is 0 Å². The van der Waals surface area contributed by atoms with Gasteiger partial charge in [0.05, 0.1) is 9.85 Å². The van der Waals surface area contributed by atoms with E-state index in [1.54, 1.807) is 12.2 Å². The second kappa shape index (κ2) is 15.7. The van der Waals surface area contributed by atoms with E-state index in [1.165, 1.54) is 60.7 Å². The fraction of sp³-hybridized carbons (Fsp3) is 0.105. The molecule has 0 saturated carbocycles. The number of carbonyl (C=O) groups is 2. The zero-order chi connectivity index (χ0) is 33.9. The van der Waals surface area contributed by atoms with Crippen LogP contribution in [0.3, 0.4) is 0 Å². The number of hydrogen-bond donors (Lipinski definition) is 0. The van der Waals surface area contributed by atoms with E-state index in [0.717, 1.165) is 22.5 Å². The zero-order valence-electron chi connectivity index (χ0n) is 25.9. The first-order valence-electron chi connectivity index (χ1n) is 15.3. The number of ketones is 2. The maximum atomic E-state index is 12.8. The summed E-state index contributed by atoms with van der Waals surface area (Å²) >= 11 is 0. The highest BCUT2D eigenvalue weighted by Crippen LogP contribution is 2.26. The lowest BCUT2D eigenvalue weighted by molar-refractivity contribution is -0.385. The van der Waals surface area contributed by atoms with Crippen LogP contribution in [0, 0.1) is 20.2 Å². The maximum absolute atomic E-state index is 12.8. The molecule has 5 rings (SSSR count). The summed E-state index contributed by atoms with van der Waals surface area (Å²) in [4.78, 5) is 50.9. The van der Waals surface area contributed by atoms with Crippen molar-refractivity contribution in [3.63, 3.8) is 0 Å². The summed E-state index contributed by atoms with van der Waals surface area (Å²) in [6.07, 6.45) is 10.2. The number of non-ortho nitro benzene ring substituents is 2. The standard InChI is InChI=1S/C38H32N4O6/c43-37(31-17-21-33(22-18-31)41(45)46)15-7-13-35(29-9-3-1-4-10-29)39-25-27-40(28-26-39)36(30-11-5-2-6-12-30)14-8-16-38(44)32-19-23-34(24-20-32)42(47)48/h1-24H,25-28H2. The van der Waals surface area contributed by atoms with Crippen molar-refractivity contribution in [3.8, 4) is 0 Å². The second-order valence-corrected chi connectivity index (χ2v) is 10.9. The van der Waals surface area contributed by atoms with E-state index in [0.29, 0.717) is 37.3 Å². The van der Waals surface area contributed by atoms with E-state index in [4.69, 9.17) is 0 Å². The quantitative estimate of drug-likeness (QED) is 0.0516. The van der Waals surface area contributed by atoms with Gasteiger partial charge in [0.25, 0.3) is 11.4 Å². The summed E-state index contributed by atoms with van der Waals surface area (Å²) in [6, 6.07) is 30.9. The minimum atomic E-state index is -0.500. The van der Waals surface area contributed by atoms with Gasteiger partial charge >= 0.3 is 0 Å². The fourth-order valence-corrected chi connectivity index (χ4v) is 5.32. The zero-order valence-corrected chi connectivity index (χ0v) is 25.9. The van der Waals surface area contributed by atoms with Crippen molar-refractivity contribution in [1.29, 1.82) is 0 Å². The van der Waals surface area contributed by atoms with Gasteiger partial charge in [0, 0.05) is 73.0 Å². The highest BCUT2D eigenvalue weighted by Gasteiger charge is 2.22. The molecule has 0 bridgehead atoms. The molecule has 48 heavy (non-hydrogen) atoms. The lowest BCUT2D eigenvalue weighted by atomic mass is 10.1. The number of benzene rings is 4. The largest absolute Gasteiger partial charge is 0.368 e. The molecule has 4 aromatic rings. The van der Waals surface area contributed by atoms with Gasteiger partial charge in [0.1, 0.15) is 0 Å². The summed E-state index contributed by atoms with van der Waals surface area (Å²) in [7, 11) is 0. The summed E-state index contributed by atoms with van der Waals surface area (Å²) < 4.78 is 0. The van der Waals surface area contributed by atoms with Crippen LogP contribution < -0.4 is 0 Å². The number of nitro groups is 2. The van der Waals surface area contributed by atoms with Gasteiger partial charge in [-0.15, -0.1) is 0 Å². The highest BCUT2D eigenvalue weighted by molar-refractivity contribution is 6.05. The number of nitro benzene ring substituents is 2. The van der Waals surface area contributed by atoms with Crippen LogP contribution in [0.15, 0.2) is 146 Å². The molecule has 1 saturated heterocycles. The SMILES string of the molecule is O=C(C=CC=C(c1ccccc1)N1CCN(C(=CC=CC(=O)c2ccc([N+](=O)[O-])cc2)c2ccccc2)CC1)c1ccc([N+](=O)[O-])cc1. The van der Waals surface area contributed by atoms with Crippen molar-refractivity contribution in [2.24, 2.45) is 0 Å². The van der Waals surface area contributed by atoms with Crippen LogP contribution in [0.5, 0.6) is 0 Å². The Morgan fingerprint density at radius 1 is 0.500 bits per heavy atom. The normalized spacial score (nSPS) is 14.0. The smallest absolute Gasteiger partial charge is 0.269 e. The molecule has 0 spiro atoms. The first-order chi connectivity index (χ1) is 23.3. The topological polar surface area (TPSA) is 127 Å². The third-order valence-electron chi connectivity index (χ3n) is 7.83. The molecular weight excluding hydrogens is 608 g/mol. The van der Waals surface area contributed by atoms with E-state index >= 15 is 0 Å². The van der Waals surface area contributed by atoms with Crippen molar-refractivity contribution in [3.05, 3.63) is 188 Å². The molecular formula is C38H32N4O6. The van der Waals surface area contributed by atoms with Crippen LogP contribution in [0.25, 0.3) is 11.4 Å². The molecule has 10 heteroatoms. The lowest BCUT2D eigenvalue weighted by Gasteiger charge is -2.39. The summed E-state index contributed by atoms with van der Waals surface area (Å²) in [6.45, 7) is 2.78. The van der Waals surface area contributed by atoms with Crippen molar-refractivity contribution < 1.29 is 19.4 Å². The molecule has 1 aliphatic rings. The molecule has 0 radical (unpaired) electrons. The Labute approximate surface area is 277 Å². The van der Waals surface area contributed by atoms with Crippen LogP contribution in [0.1, 0.15) is 31.8 Å². The van der Waals surface area contributed by atoms with Crippen LogP contribution in [-0.2, 0) is 0 Å². The van der Waals surface area contributed by atoms with Gasteiger partial charge in [-0.3, -0.25) is 29.8 Å². The Morgan fingerprint density at radius 2 is 0.833 bits per heavy atom. The number of hydrogen-bond acceptors (Lipinski definition) is 8. The van der Waals surface area contributed by atoms with Gasteiger partial charge < -0.3 is 9.80 Å². The predicted octanol–water partition coefficient (Wildman–Crippen LogP) is 7.38. The number of carbonyl (C=O) groups excluding carboxylic acids is 2. The number of piperazine rings is 1. The van der Waals surface area contributed by atoms with Crippen LogP contribution in [0.2, 0.25) is 0 Å². The molecule has 0 aliphatic carbocycles. The van der Waals surface area contributed by atoms with E-state index in [9.17, 15) is 29.8 Å². The summed E-state index contributed by atoms with van der Waals surface area (Å²) in [5, 5.41) is 21.9. The monoisotopic (exact) mass is 640 g/mol. The van der Waals surface area contributed by atoms with Gasteiger partial charge in [-0.1, -0.05) is 72.8 Å². The first-order valence-corrected chi connectivity index (χ1v) is 15.3. The molecule has 1 fully saturated rings. The van der Waals surface area contributed by atoms with Gasteiger partial charge in [0.2, 0.25) is 0 Å². The molecule has 1 aliphatic heterocycles. The molecule has 1 heterocycles. The van der Waals surface area contributed by atoms with Crippen molar-refractivity contribution in [2.75, 3.05) is 26.2 Å². The minimum absolute atomic E-state index is 0.0713. The number of nitrogens with zero attached hydrogens (tertiary/aromatic N) is 4. The van der Waals surface area contributed by atoms with Gasteiger partial charge in [-0.05, 0) is 59.7 Å². The van der Waals surface area contributed by atoms with E-state index in [1.807, 2.05) is 72.8 Å². The summed E-state index contributed by atoms with van der Waals surface area (Å²) in [5.74, 6) is -0.507. The predicted molar refractivity (Wildman–Crippen MR) is 185 cm³/mol. The molecule has 0 amide bonds. The molecule has 0 atom stereocenters. The van der Waals surface area contributed by atoms with Crippen molar-refractivity contribution in [1.82, 2.24) is 9.80 Å². The number of rotatable bonds is 12. The molecule has 0 N–H and O–H groups in total. The molecule has 4 aromatic carbocycles. The minimum Gasteiger partial charge on any atom is -0.368 e. The Morgan fingerprint density at radius 3 is 1.15 bits per heavy atom. The van der Waals surface area contributed by atoms with Crippen molar-refractivity contribution >= 4 is 34.3 Å². The highest BCUT2D eigenvalue weighted by atomic mass is 16.6. The lowest BCUT2D eigenvalue weighted by Crippen LogP contribution is -2.44. The van der Waals surface area contributed by atoms with E-state index in [2.05, 4.69) is 9.80 Å². The maximum Gasteiger partial charge on any atom is 0.269 e. The second-order valence-electron chi connectivity index (χ2n) is 10.9. The average Bonchev–Trinajstić information content (AvgIpc) is 3.13. The number of allylic oxidation sites excluding steroid dienone is 6. The average molecular weight is 641 g/mol. The first kappa shape index (κ1) is 33.0. The van der Waals surface area contributed by atoms with Gasteiger partial charge in [-0.2, -0.15) is 0 Å². The summed E-state index contributed by atoms with van der Waals surface area (Å²) in [5.41, 5.74) is 4.52. The van der Waals surface area contributed by atoms with Gasteiger partial charge in [-0.25, -0.2) is 0 Å². The van der Waals surface area contributed by atoms with Crippen LogP contribution in [0.4, 0.5) is 11.4 Å².